The molecule has 1 aromatic carbocycles. The summed E-state index contributed by atoms with van der Waals surface area (Å²) in [5.74, 6) is -1.38. The highest BCUT2D eigenvalue weighted by Crippen LogP contribution is 2.41. The summed E-state index contributed by atoms with van der Waals surface area (Å²) in [6.07, 6.45) is 2.90. The molecular formula is C17H22ClNO5S. The van der Waals surface area contributed by atoms with Crippen LogP contribution in [0.25, 0.3) is 0 Å². The minimum Gasteiger partial charge on any atom is -0.481 e. The van der Waals surface area contributed by atoms with Gasteiger partial charge in [-0.3, -0.25) is 9.59 Å². The number of benzene rings is 1. The summed E-state index contributed by atoms with van der Waals surface area (Å²) in [4.78, 5) is 23.3. The van der Waals surface area contributed by atoms with Crippen LogP contribution >= 0.6 is 11.6 Å². The van der Waals surface area contributed by atoms with E-state index in [1.165, 1.54) is 24.3 Å². The van der Waals surface area contributed by atoms with Crippen molar-refractivity contribution in [2.24, 2.45) is 0 Å². The predicted molar refractivity (Wildman–Crippen MR) is 94.3 cm³/mol. The molecule has 0 unspecified atom stereocenters. The van der Waals surface area contributed by atoms with Crippen molar-refractivity contribution in [1.29, 1.82) is 0 Å². The van der Waals surface area contributed by atoms with Gasteiger partial charge in [-0.25, -0.2) is 8.42 Å². The van der Waals surface area contributed by atoms with E-state index in [4.69, 9.17) is 16.7 Å². The monoisotopic (exact) mass is 387 g/mol. The van der Waals surface area contributed by atoms with E-state index in [1.54, 1.807) is 0 Å². The smallest absolute Gasteiger partial charge is 0.303 e. The predicted octanol–water partition coefficient (Wildman–Crippen LogP) is 2.80. The summed E-state index contributed by atoms with van der Waals surface area (Å²) in [6, 6.07) is 5.86. The van der Waals surface area contributed by atoms with Gasteiger partial charge >= 0.3 is 5.97 Å². The van der Waals surface area contributed by atoms with Crippen LogP contribution in [0.3, 0.4) is 0 Å². The summed E-state index contributed by atoms with van der Waals surface area (Å²) in [6.45, 7) is 0.268. The molecule has 25 heavy (non-hydrogen) atoms. The molecule has 0 spiro atoms. The lowest BCUT2D eigenvalue weighted by molar-refractivity contribution is -0.137. The van der Waals surface area contributed by atoms with Gasteiger partial charge in [-0.2, -0.15) is 0 Å². The lowest BCUT2D eigenvalue weighted by atomic mass is 10.1. The second-order valence-corrected chi connectivity index (χ2v) is 8.96. The van der Waals surface area contributed by atoms with Crippen molar-refractivity contribution in [3.05, 3.63) is 29.3 Å². The van der Waals surface area contributed by atoms with Crippen LogP contribution < -0.4 is 5.32 Å². The molecule has 2 N–H and O–H groups in total. The number of carboxylic acids is 1. The molecule has 8 heteroatoms. The zero-order valence-corrected chi connectivity index (χ0v) is 15.4. The van der Waals surface area contributed by atoms with E-state index in [0.29, 0.717) is 43.5 Å². The number of hydrogen-bond donors (Lipinski definition) is 2. The number of rotatable bonds is 8. The Kier molecular flexibility index (Phi) is 6.46. The summed E-state index contributed by atoms with van der Waals surface area (Å²) in [5.41, 5.74) is 0. The van der Waals surface area contributed by atoms with Gasteiger partial charge in [-0.1, -0.05) is 24.4 Å². The second-order valence-electron chi connectivity index (χ2n) is 6.27. The third-order valence-corrected chi connectivity index (χ3v) is 7.33. The minimum atomic E-state index is -3.84. The van der Waals surface area contributed by atoms with Crippen molar-refractivity contribution < 1.29 is 23.1 Å². The fourth-order valence-electron chi connectivity index (χ4n) is 3.17. The number of carbonyl (C=O) groups is 2. The first-order valence-corrected chi connectivity index (χ1v) is 10.2. The Morgan fingerprint density at radius 1 is 1.12 bits per heavy atom. The van der Waals surface area contributed by atoms with Crippen LogP contribution in [0.1, 0.15) is 44.9 Å². The molecule has 1 saturated carbocycles. The average Bonchev–Trinajstić information content (AvgIpc) is 3.06. The first-order valence-electron chi connectivity index (χ1n) is 8.30. The summed E-state index contributed by atoms with van der Waals surface area (Å²) in [5, 5.41) is 11.7. The maximum absolute atomic E-state index is 13.1. The van der Waals surface area contributed by atoms with Crippen LogP contribution in [0, 0.1) is 0 Å². The molecular weight excluding hydrogens is 366 g/mol. The Morgan fingerprint density at radius 2 is 1.72 bits per heavy atom. The average molecular weight is 388 g/mol. The number of carbonyl (C=O) groups excluding carboxylic acids is 1. The van der Waals surface area contributed by atoms with Crippen molar-refractivity contribution >= 4 is 33.3 Å². The van der Waals surface area contributed by atoms with Crippen LogP contribution in [0.4, 0.5) is 0 Å². The number of halogens is 1. The number of aliphatic carboxylic acids is 1. The fourth-order valence-corrected chi connectivity index (χ4v) is 5.38. The normalized spacial score (nSPS) is 16.5. The van der Waals surface area contributed by atoms with Gasteiger partial charge in [0.2, 0.25) is 5.91 Å². The van der Waals surface area contributed by atoms with Gasteiger partial charge in [0.1, 0.15) is 0 Å². The number of amides is 1. The number of carboxylic acid groups (broad SMARTS) is 1. The van der Waals surface area contributed by atoms with E-state index in [9.17, 15) is 18.0 Å². The second kappa shape index (κ2) is 8.19. The largest absolute Gasteiger partial charge is 0.481 e. The molecule has 1 aromatic rings. The van der Waals surface area contributed by atoms with Crippen LogP contribution in [0.15, 0.2) is 29.2 Å². The van der Waals surface area contributed by atoms with E-state index < -0.39 is 26.5 Å². The molecule has 6 nitrogen and oxygen atoms in total. The molecule has 138 valence electrons. The van der Waals surface area contributed by atoms with E-state index in [-0.39, 0.29) is 17.9 Å². The lowest BCUT2D eigenvalue weighted by Gasteiger charge is -2.27. The van der Waals surface area contributed by atoms with E-state index >= 15 is 0 Å². The highest BCUT2D eigenvalue weighted by Gasteiger charge is 2.52. The number of nitrogens with one attached hydrogen (secondary N) is 1. The Balaban J connectivity index is 2.13. The van der Waals surface area contributed by atoms with Crippen molar-refractivity contribution in [3.63, 3.8) is 0 Å². The molecule has 2 rings (SSSR count). The maximum atomic E-state index is 13.1. The molecule has 0 saturated heterocycles. The first kappa shape index (κ1) is 19.7. The lowest BCUT2D eigenvalue weighted by Crippen LogP contribution is -2.50. The van der Waals surface area contributed by atoms with Gasteiger partial charge in [0.05, 0.1) is 4.90 Å². The number of unbranched alkanes of at least 4 members (excludes halogenated alkanes) is 1. The van der Waals surface area contributed by atoms with Gasteiger partial charge in [-0.15, -0.1) is 0 Å². The van der Waals surface area contributed by atoms with Gasteiger partial charge < -0.3 is 10.4 Å². The Morgan fingerprint density at radius 3 is 2.28 bits per heavy atom. The molecule has 0 bridgehead atoms. The molecule has 0 heterocycles. The van der Waals surface area contributed by atoms with Gasteiger partial charge in [-0.05, 0) is 49.9 Å². The van der Waals surface area contributed by atoms with Gasteiger partial charge in [0, 0.05) is 18.0 Å². The fraction of sp³-hybridized carbons (Fsp3) is 0.529. The minimum absolute atomic E-state index is 0.0318. The molecule has 0 aromatic heterocycles. The molecule has 1 amide bonds. The summed E-state index contributed by atoms with van der Waals surface area (Å²) < 4.78 is 24.8. The third kappa shape index (κ3) is 4.33. The molecule has 0 radical (unpaired) electrons. The first-order chi connectivity index (χ1) is 11.8. The molecule has 0 aliphatic heterocycles. The standard InChI is InChI=1S/C17H22ClNO5S/c18-13-6-8-14(9-7-13)25(23,24)17(10-2-3-11-17)16(22)19-12-4-1-5-15(20)21/h6-9H,1-5,10-12H2,(H,19,22)(H,20,21). The maximum Gasteiger partial charge on any atom is 0.303 e. The van der Waals surface area contributed by atoms with E-state index in [0.717, 1.165) is 0 Å². The van der Waals surface area contributed by atoms with E-state index in [1.807, 2.05) is 0 Å². The Bertz CT molecular complexity index is 724. The highest BCUT2D eigenvalue weighted by atomic mass is 35.5. The zero-order valence-electron chi connectivity index (χ0n) is 13.8. The van der Waals surface area contributed by atoms with Crippen molar-refractivity contribution in [3.8, 4) is 0 Å². The van der Waals surface area contributed by atoms with Crippen molar-refractivity contribution in [1.82, 2.24) is 5.32 Å². The van der Waals surface area contributed by atoms with Crippen molar-refractivity contribution in [2.75, 3.05) is 6.54 Å². The summed E-state index contributed by atoms with van der Waals surface area (Å²) in [7, 11) is -3.84. The number of hydrogen-bond acceptors (Lipinski definition) is 4. The quantitative estimate of drug-likeness (QED) is 0.668. The van der Waals surface area contributed by atoms with E-state index in [2.05, 4.69) is 5.32 Å². The van der Waals surface area contributed by atoms with Gasteiger partial charge in [0.25, 0.3) is 0 Å². The van der Waals surface area contributed by atoms with Gasteiger partial charge in [0.15, 0.2) is 14.6 Å². The highest BCUT2D eigenvalue weighted by molar-refractivity contribution is 7.93. The third-order valence-electron chi connectivity index (χ3n) is 4.57. The SMILES string of the molecule is O=C(O)CCCCNC(=O)C1(S(=O)(=O)c2ccc(Cl)cc2)CCCC1. The Labute approximate surface area is 152 Å². The molecule has 1 aliphatic carbocycles. The van der Waals surface area contributed by atoms with Crippen LogP contribution in [0.2, 0.25) is 5.02 Å². The van der Waals surface area contributed by atoms with Crippen LogP contribution in [-0.4, -0.2) is 36.7 Å². The van der Waals surface area contributed by atoms with Crippen LogP contribution in [-0.2, 0) is 19.4 Å². The topological polar surface area (TPSA) is 101 Å². The molecule has 0 atom stereocenters. The molecule has 1 fully saturated rings. The summed E-state index contributed by atoms with van der Waals surface area (Å²) >= 11 is 5.82. The number of sulfone groups is 1. The van der Waals surface area contributed by atoms with Crippen molar-refractivity contribution in [2.45, 2.75) is 54.6 Å². The zero-order chi connectivity index (χ0) is 18.5. The molecule has 1 aliphatic rings. The van der Waals surface area contributed by atoms with Crippen LogP contribution in [0.5, 0.6) is 0 Å². The Hall–Kier alpha value is -1.60.